The zero-order valence-electron chi connectivity index (χ0n) is 10.7. The number of rotatable bonds is 6. The molecule has 0 heterocycles. The van der Waals surface area contributed by atoms with Crippen LogP contribution >= 0.6 is 15.9 Å². The topological polar surface area (TPSA) is 64.4 Å². The van der Waals surface area contributed by atoms with Crippen LogP contribution in [0.15, 0.2) is 22.7 Å². The molecule has 1 unspecified atom stereocenters. The van der Waals surface area contributed by atoms with Gasteiger partial charge in [-0.2, -0.15) is 0 Å². The zero-order valence-corrected chi connectivity index (χ0v) is 12.3. The van der Waals surface area contributed by atoms with E-state index < -0.39 is 0 Å². The number of nitrogens with one attached hydrogen (secondary N) is 1. The number of ether oxygens (including phenoxy) is 1. The van der Waals surface area contributed by atoms with Crippen molar-refractivity contribution in [3.05, 3.63) is 22.7 Å². The first-order valence-electron chi connectivity index (χ1n) is 5.95. The second-order valence-electron chi connectivity index (χ2n) is 4.18. The number of benzene rings is 1. The van der Waals surface area contributed by atoms with Gasteiger partial charge in [0.15, 0.2) is 0 Å². The molecule has 0 saturated carbocycles. The number of carbonyl (C=O) groups excluding carboxylic acids is 1. The number of hydrogen-bond donors (Lipinski definition) is 2. The molecule has 0 spiro atoms. The minimum absolute atomic E-state index is 0.0731. The molecule has 1 aromatic carbocycles. The maximum atomic E-state index is 11.8. The zero-order chi connectivity index (χ0) is 13.5. The second-order valence-corrected chi connectivity index (χ2v) is 5.10. The van der Waals surface area contributed by atoms with Gasteiger partial charge in [-0.3, -0.25) is 4.79 Å². The molecule has 1 atom stereocenters. The van der Waals surface area contributed by atoms with Crippen LogP contribution in [-0.2, 0) is 4.79 Å². The number of methoxy groups -OCH3 is 1. The molecular formula is C13H19BrN2O2. The van der Waals surface area contributed by atoms with Crippen molar-refractivity contribution in [3.63, 3.8) is 0 Å². The highest BCUT2D eigenvalue weighted by Gasteiger charge is 2.09. The van der Waals surface area contributed by atoms with E-state index in [1.807, 2.05) is 12.1 Å². The van der Waals surface area contributed by atoms with E-state index in [0.717, 1.165) is 17.3 Å². The Balaban J connectivity index is 2.61. The molecular weight excluding hydrogens is 296 g/mol. The standard InChI is InChI=1S/C13H19BrN2O2/c1-3-4-10(15)7-13(17)16-11-5-9(14)6-12(8-11)18-2/h5-6,8,10H,3-4,7,15H2,1-2H3,(H,16,17). The van der Waals surface area contributed by atoms with Crippen molar-refractivity contribution < 1.29 is 9.53 Å². The third kappa shape index (κ3) is 5.06. The Bertz CT molecular complexity index is 410. The van der Waals surface area contributed by atoms with Gasteiger partial charge in [-0.1, -0.05) is 29.3 Å². The highest BCUT2D eigenvalue weighted by molar-refractivity contribution is 9.10. The Hall–Kier alpha value is -1.07. The van der Waals surface area contributed by atoms with Gasteiger partial charge in [-0.15, -0.1) is 0 Å². The summed E-state index contributed by atoms with van der Waals surface area (Å²) in [6, 6.07) is 5.35. The maximum absolute atomic E-state index is 11.8. The lowest BCUT2D eigenvalue weighted by molar-refractivity contribution is -0.116. The molecule has 1 rings (SSSR count). The first-order valence-corrected chi connectivity index (χ1v) is 6.74. The Morgan fingerprint density at radius 3 is 2.83 bits per heavy atom. The van der Waals surface area contributed by atoms with Crippen LogP contribution < -0.4 is 15.8 Å². The van der Waals surface area contributed by atoms with Crippen LogP contribution in [0.4, 0.5) is 5.69 Å². The summed E-state index contributed by atoms with van der Waals surface area (Å²) < 4.78 is 5.99. The molecule has 0 aromatic heterocycles. The first-order chi connectivity index (χ1) is 8.55. The van der Waals surface area contributed by atoms with E-state index in [9.17, 15) is 4.79 Å². The van der Waals surface area contributed by atoms with Gasteiger partial charge < -0.3 is 15.8 Å². The van der Waals surface area contributed by atoms with Gasteiger partial charge in [-0.25, -0.2) is 0 Å². The molecule has 1 amide bonds. The third-order valence-electron chi connectivity index (χ3n) is 2.50. The molecule has 0 saturated heterocycles. The lowest BCUT2D eigenvalue weighted by atomic mass is 10.1. The summed E-state index contributed by atoms with van der Waals surface area (Å²) >= 11 is 3.36. The fourth-order valence-electron chi connectivity index (χ4n) is 1.68. The summed E-state index contributed by atoms with van der Waals surface area (Å²) in [4.78, 5) is 11.8. The highest BCUT2D eigenvalue weighted by atomic mass is 79.9. The first kappa shape index (κ1) is 15.0. The van der Waals surface area contributed by atoms with Gasteiger partial charge in [0.1, 0.15) is 5.75 Å². The maximum Gasteiger partial charge on any atom is 0.225 e. The van der Waals surface area contributed by atoms with Crippen LogP contribution in [-0.4, -0.2) is 19.1 Å². The van der Waals surface area contributed by atoms with Crippen LogP contribution in [0, 0.1) is 0 Å². The molecule has 0 aliphatic carbocycles. The molecule has 0 fully saturated rings. The van der Waals surface area contributed by atoms with Crippen molar-refractivity contribution >= 4 is 27.5 Å². The van der Waals surface area contributed by atoms with Crippen LogP contribution in [0.5, 0.6) is 5.75 Å². The molecule has 18 heavy (non-hydrogen) atoms. The Morgan fingerprint density at radius 1 is 1.50 bits per heavy atom. The van der Waals surface area contributed by atoms with Crippen molar-refractivity contribution in [2.24, 2.45) is 5.73 Å². The predicted octanol–water partition coefficient (Wildman–Crippen LogP) is 2.91. The van der Waals surface area contributed by atoms with Gasteiger partial charge in [0.25, 0.3) is 0 Å². The van der Waals surface area contributed by atoms with Crippen LogP contribution in [0.2, 0.25) is 0 Å². The highest BCUT2D eigenvalue weighted by Crippen LogP contribution is 2.24. The molecule has 4 nitrogen and oxygen atoms in total. The number of halogens is 1. The molecule has 5 heteroatoms. The predicted molar refractivity (Wildman–Crippen MR) is 76.8 cm³/mol. The smallest absolute Gasteiger partial charge is 0.225 e. The fraction of sp³-hybridized carbons (Fsp3) is 0.462. The van der Waals surface area contributed by atoms with Crippen molar-refractivity contribution in [2.75, 3.05) is 12.4 Å². The summed E-state index contributed by atoms with van der Waals surface area (Å²) in [5.74, 6) is 0.619. The summed E-state index contributed by atoms with van der Waals surface area (Å²) in [5.41, 5.74) is 6.53. The van der Waals surface area contributed by atoms with Crippen LogP contribution in [0.1, 0.15) is 26.2 Å². The van der Waals surface area contributed by atoms with E-state index in [-0.39, 0.29) is 11.9 Å². The Labute approximate surface area is 116 Å². The molecule has 0 radical (unpaired) electrons. The molecule has 3 N–H and O–H groups in total. The van der Waals surface area contributed by atoms with E-state index >= 15 is 0 Å². The quantitative estimate of drug-likeness (QED) is 0.848. The monoisotopic (exact) mass is 314 g/mol. The largest absolute Gasteiger partial charge is 0.497 e. The number of hydrogen-bond acceptors (Lipinski definition) is 3. The minimum atomic E-state index is -0.0796. The fourth-order valence-corrected chi connectivity index (χ4v) is 2.15. The van der Waals surface area contributed by atoms with Crippen LogP contribution in [0.3, 0.4) is 0 Å². The van der Waals surface area contributed by atoms with Crippen molar-refractivity contribution in [1.82, 2.24) is 0 Å². The number of carbonyl (C=O) groups is 1. The van der Waals surface area contributed by atoms with Gasteiger partial charge >= 0.3 is 0 Å². The number of anilines is 1. The van der Waals surface area contributed by atoms with Crippen LogP contribution in [0.25, 0.3) is 0 Å². The van der Waals surface area contributed by atoms with Crippen molar-refractivity contribution in [1.29, 1.82) is 0 Å². The van der Waals surface area contributed by atoms with Gasteiger partial charge in [0.05, 0.1) is 7.11 Å². The lowest BCUT2D eigenvalue weighted by Gasteiger charge is -2.11. The molecule has 100 valence electrons. The van der Waals surface area contributed by atoms with E-state index in [2.05, 4.69) is 28.2 Å². The molecule has 1 aromatic rings. The SMILES string of the molecule is CCCC(N)CC(=O)Nc1cc(Br)cc(OC)c1. The van der Waals surface area contributed by atoms with Gasteiger partial charge in [-0.05, 0) is 18.6 Å². The Morgan fingerprint density at radius 2 is 2.22 bits per heavy atom. The van der Waals surface area contributed by atoms with Gasteiger partial charge in [0.2, 0.25) is 5.91 Å². The summed E-state index contributed by atoms with van der Waals surface area (Å²) in [6.07, 6.45) is 2.18. The summed E-state index contributed by atoms with van der Waals surface area (Å²) in [5, 5.41) is 2.82. The average Bonchev–Trinajstić information content (AvgIpc) is 2.27. The van der Waals surface area contributed by atoms with Crippen molar-refractivity contribution in [2.45, 2.75) is 32.2 Å². The number of nitrogens with two attached hydrogens (primary N) is 1. The molecule has 0 aliphatic rings. The average molecular weight is 315 g/mol. The lowest BCUT2D eigenvalue weighted by Crippen LogP contribution is -2.26. The van der Waals surface area contributed by atoms with Crippen molar-refractivity contribution in [3.8, 4) is 5.75 Å². The summed E-state index contributed by atoms with van der Waals surface area (Å²) in [6.45, 7) is 2.05. The van der Waals surface area contributed by atoms with E-state index in [0.29, 0.717) is 17.9 Å². The third-order valence-corrected chi connectivity index (χ3v) is 2.96. The molecule has 0 bridgehead atoms. The molecule has 0 aliphatic heterocycles. The normalized spacial score (nSPS) is 12.0. The van der Waals surface area contributed by atoms with E-state index in [4.69, 9.17) is 10.5 Å². The second kappa shape index (κ2) is 7.38. The van der Waals surface area contributed by atoms with Gasteiger partial charge in [0, 0.05) is 28.7 Å². The van der Waals surface area contributed by atoms with E-state index in [1.165, 1.54) is 0 Å². The summed E-state index contributed by atoms with van der Waals surface area (Å²) in [7, 11) is 1.59. The van der Waals surface area contributed by atoms with E-state index in [1.54, 1.807) is 13.2 Å². The Kier molecular flexibility index (Phi) is 6.15. The minimum Gasteiger partial charge on any atom is -0.497 e. The number of amides is 1.